The highest BCUT2D eigenvalue weighted by atomic mass is 16.3. The van der Waals surface area contributed by atoms with Crippen molar-refractivity contribution in [2.24, 2.45) is 5.92 Å². The summed E-state index contributed by atoms with van der Waals surface area (Å²) in [5.41, 5.74) is 1.46. The van der Waals surface area contributed by atoms with Crippen LogP contribution in [0, 0.1) is 5.92 Å². The van der Waals surface area contributed by atoms with Gasteiger partial charge in [-0.25, -0.2) is 4.68 Å². The van der Waals surface area contributed by atoms with Crippen LogP contribution in [0.3, 0.4) is 0 Å². The number of hydrogen-bond acceptors (Lipinski definition) is 5. The summed E-state index contributed by atoms with van der Waals surface area (Å²) in [5.74, 6) is 0.504. The van der Waals surface area contributed by atoms with Gasteiger partial charge in [-0.15, -0.1) is 0 Å². The van der Waals surface area contributed by atoms with Crippen molar-refractivity contribution >= 4 is 5.91 Å². The topological polar surface area (TPSA) is 78.7 Å². The molecule has 1 amide bonds. The van der Waals surface area contributed by atoms with Crippen LogP contribution in [0.2, 0.25) is 0 Å². The summed E-state index contributed by atoms with van der Waals surface area (Å²) < 4.78 is 1.67. The predicted molar refractivity (Wildman–Crippen MR) is 111 cm³/mol. The molecule has 1 unspecified atom stereocenters. The van der Waals surface area contributed by atoms with Crippen molar-refractivity contribution in [1.82, 2.24) is 19.6 Å². The van der Waals surface area contributed by atoms with Crippen molar-refractivity contribution in [3.63, 3.8) is 0 Å². The summed E-state index contributed by atoms with van der Waals surface area (Å²) >= 11 is 0. The smallest absolute Gasteiger partial charge is 0.267 e. The minimum atomic E-state index is -0.812. The molecule has 0 saturated carbocycles. The molecule has 2 fully saturated rings. The zero-order chi connectivity index (χ0) is 20.4. The molecule has 0 spiro atoms. The van der Waals surface area contributed by atoms with E-state index in [0.29, 0.717) is 25.6 Å². The van der Waals surface area contributed by atoms with Crippen LogP contribution < -0.4 is 5.56 Å². The molecule has 160 valence electrons. The Morgan fingerprint density at radius 3 is 2.76 bits per heavy atom. The summed E-state index contributed by atoms with van der Waals surface area (Å²) in [6, 6.07) is 1.78. The van der Waals surface area contributed by atoms with Crippen molar-refractivity contribution in [3.8, 4) is 0 Å². The largest absolute Gasteiger partial charge is 0.387 e. The van der Waals surface area contributed by atoms with Crippen molar-refractivity contribution in [1.29, 1.82) is 0 Å². The Balaban J connectivity index is 1.31. The number of fused-ring (bicyclic) bond motifs is 1. The third-order valence-corrected chi connectivity index (χ3v) is 6.93. The van der Waals surface area contributed by atoms with Crippen LogP contribution in [0.15, 0.2) is 10.9 Å². The van der Waals surface area contributed by atoms with E-state index in [1.807, 2.05) is 0 Å². The number of β-amino-alcohol motifs (C(OH)–C–C–N with tert-alkyl or cyclic N) is 1. The van der Waals surface area contributed by atoms with Crippen LogP contribution in [0.4, 0.5) is 0 Å². The number of piperidine rings is 1. The van der Waals surface area contributed by atoms with E-state index < -0.39 is 5.60 Å². The minimum Gasteiger partial charge on any atom is -0.387 e. The summed E-state index contributed by atoms with van der Waals surface area (Å²) in [4.78, 5) is 28.3. The van der Waals surface area contributed by atoms with E-state index in [2.05, 4.69) is 10.00 Å². The lowest BCUT2D eigenvalue weighted by Gasteiger charge is -2.39. The fourth-order valence-corrected chi connectivity index (χ4v) is 5.23. The Morgan fingerprint density at radius 1 is 1.21 bits per heavy atom. The first kappa shape index (κ1) is 20.5. The maximum atomic E-state index is 12.4. The van der Waals surface area contributed by atoms with Gasteiger partial charge in [-0.3, -0.25) is 9.59 Å². The fourth-order valence-electron chi connectivity index (χ4n) is 5.23. The quantitative estimate of drug-likeness (QED) is 0.819. The molecule has 2 aliphatic heterocycles. The van der Waals surface area contributed by atoms with E-state index >= 15 is 0 Å². The zero-order valence-corrected chi connectivity index (χ0v) is 17.6. The summed E-state index contributed by atoms with van der Waals surface area (Å²) in [5, 5.41) is 15.8. The van der Waals surface area contributed by atoms with Gasteiger partial charge in [0.2, 0.25) is 5.91 Å². The van der Waals surface area contributed by atoms with Gasteiger partial charge < -0.3 is 14.9 Å². The number of rotatable bonds is 4. The highest BCUT2D eigenvalue weighted by molar-refractivity contribution is 5.73. The molecule has 29 heavy (non-hydrogen) atoms. The van der Waals surface area contributed by atoms with Crippen molar-refractivity contribution in [3.05, 3.63) is 27.7 Å². The third-order valence-electron chi connectivity index (χ3n) is 6.93. The SMILES string of the molecule is CC(=O)N1CCCCC(O)(CN2CCC(Cn3nc4c(cc3=O)CCC4)CC2)C1. The lowest BCUT2D eigenvalue weighted by molar-refractivity contribution is -0.132. The molecule has 2 saturated heterocycles. The molecule has 1 N–H and O–H groups in total. The zero-order valence-electron chi connectivity index (χ0n) is 17.6. The average molecular weight is 403 g/mol. The van der Waals surface area contributed by atoms with Gasteiger partial charge in [-0.1, -0.05) is 0 Å². The van der Waals surface area contributed by atoms with E-state index in [4.69, 9.17) is 0 Å². The van der Waals surface area contributed by atoms with Crippen LogP contribution in [-0.2, 0) is 24.2 Å². The maximum absolute atomic E-state index is 12.4. The van der Waals surface area contributed by atoms with E-state index in [1.54, 1.807) is 22.6 Å². The highest BCUT2D eigenvalue weighted by Crippen LogP contribution is 2.26. The first-order valence-corrected chi connectivity index (χ1v) is 11.2. The molecular formula is C22H34N4O3. The molecule has 0 bridgehead atoms. The van der Waals surface area contributed by atoms with Crippen LogP contribution in [0.25, 0.3) is 0 Å². The number of aromatic nitrogens is 2. The van der Waals surface area contributed by atoms with Gasteiger partial charge in [0.25, 0.3) is 5.56 Å². The summed E-state index contributed by atoms with van der Waals surface area (Å²) in [6.07, 6.45) is 7.79. The van der Waals surface area contributed by atoms with E-state index in [0.717, 1.165) is 82.3 Å². The number of nitrogens with zero attached hydrogens (tertiary/aromatic N) is 4. The van der Waals surface area contributed by atoms with Crippen LogP contribution in [-0.4, -0.2) is 68.9 Å². The molecule has 0 radical (unpaired) electrons. The number of carbonyl (C=O) groups is 1. The maximum Gasteiger partial charge on any atom is 0.267 e. The van der Waals surface area contributed by atoms with Gasteiger partial charge in [0.15, 0.2) is 0 Å². The molecule has 7 heteroatoms. The Hall–Kier alpha value is -1.73. The van der Waals surface area contributed by atoms with Gasteiger partial charge in [0.1, 0.15) is 0 Å². The van der Waals surface area contributed by atoms with E-state index in [-0.39, 0.29) is 11.5 Å². The molecule has 1 aromatic heterocycles. The average Bonchev–Trinajstić information content (AvgIpc) is 3.03. The second-order valence-corrected chi connectivity index (χ2v) is 9.33. The number of aryl methyl sites for hydroxylation is 2. The molecule has 3 heterocycles. The predicted octanol–water partition coefficient (Wildman–Crippen LogP) is 1.21. The lowest BCUT2D eigenvalue weighted by Crippen LogP contribution is -2.52. The monoisotopic (exact) mass is 402 g/mol. The molecule has 7 nitrogen and oxygen atoms in total. The minimum absolute atomic E-state index is 0.0326. The highest BCUT2D eigenvalue weighted by Gasteiger charge is 2.35. The van der Waals surface area contributed by atoms with Crippen molar-refractivity contribution < 1.29 is 9.90 Å². The van der Waals surface area contributed by atoms with Crippen molar-refractivity contribution in [2.75, 3.05) is 32.7 Å². The Morgan fingerprint density at radius 2 is 2.00 bits per heavy atom. The molecule has 1 atom stereocenters. The van der Waals surface area contributed by atoms with Gasteiger partial charge in [0, 0.05) is 32.6 Å². The van der Waals surface area contributed by atoms with Gasteiger partial charge in [-0.05, 0) is 75.9 Å². The number of carbonyl (C=O) groups excluding carboxylic acids is 1. The van der Waals surface area contributed by atoms with Gasteiger partial charge in [-0.2, -0.15) is 5.10 Å². The Kier molecular flexibility index (Phi) is 6.06. The van der Waals surface area contributed by atoms with Crippen LogP contribution in [0.5, 0.6) is 0 Å². The normalized spacial score (nSPS) is 26.3. The van der Waals surface area contributed by atoms with Crippen LogP contribution in [0.1, 0.15) is 56.7 Å². The fraction of sp³-hybridized carbons (Fsp3) is 0.773. The number of amides is 1. The first-order chi connectivity index (χ1) is 13.9. The van der Waals surface area contributed by atoms with Crippen LogP contribution >= 0.6 is 0 Å². The van der Waals surface area contributed by atoms with E-state index in [1.165, 1.54) is 0 Å². The molecule has 0 aromatic carbocycles. The second kappa shape index (κ2) is 8.56. The number of hydrogen-bond donors (Lipinski definition) is 1. The lowest BCUT2D eigenvalue weighted by atomic mass is 9.92. The van der Waals surface area contributed by atoms with E-state index in [9.17, 15) is 14.7 Å². The molecule has 3 aliphatic rings. The molecule has 1 aromatic rings. The Bertz CT molecular complexity index is 800. The molecule has 1 aliphatic carbocycles. The first-order valence-electron chi connectivity index (χ1n) is 11.2. The number of aliphatic hydroxyl groups is 1. The van der Waals surface area contributed by atoms with Gasteiger partial charge >= 0.3 is 0 Å². The summed E-state index contributed by atoms with van der Waals surface area (Å²) in [6.45, 7) is 5.95. The van der Waals surface area contributed by atoms with Gasteiger partial charge in [0.05, 0.1) is 17.8 Å². The third kappa shape index (κ3) is 4.89. The Labute approximate surface area is 172 Å². The standard InChI is InChI=1S/C22H34N4O3/c1-17(27)25-10-3-2-9-22(29,16-25)15-24-11-7-18(8-12-24)14-26-21(28)13-19-5-4-6-20(19)23-26/h13,18,29H,2-12,14-16H2,1H3. The molecular weight excluding hydrogens is 368 g/mol. The van der Waals surface area contributed by atoms with Crippen molar-refractivity contribution in [2.45, 2.75) is 70.4 Å². The second-order valence-electron chi connectivity index (χ2n) is 9.33. The summed E-state index contributed by atoms with van der Waals surface area (Å²) in [7, 11) is 0. The molecule has 4 rings (SSSR count). The number of likely N-dealkylation sites (tertiary alicyclic amines) is 2.